The number of alkyl halides is 1. The molecule has 20 heavy (non-hydrogen) atoms. The summed E-state index contributed by atoms with van der Waals surface area (Å²) in [6.07, 6.45) is 6.46. The van der Waals surface area contributed by atoms with Crippen LogP contribution in [0, 0.1) is 0 Å². The Balaban J connectivity index is 1.69. The van der Waals surface area contributed by atoms with Gasteiger partial charge in [-0.05, 0) is 54.4 Å². The Morgan fingerprint density at radius 2 is 1.65 bits per heavy atom. The molecule has 4 rings (SSSR count). The van der Waals surface area contributed by atoms with Crippen LogP contribution in [0.1, 0.15) is 46.3 Å². The predicted molar refractivity (Wildman–Crippen MR) is 87.5 cm³/mol. The smallest absolute Gasteiger partial charge is 0.0492 e. The molecule has 0 aromatic heterocycles. The number of hydrogen-bond donors (Lipinski definition) is 0. The fraction of sp³-hybridized carbons (Fsp3) is 0.368. The van der Waals surface area contributed by atoms with Crippen molar-refractivity contribution >= 4 is 15.9 Å². The van der Waals surface area contributed by atoms with Crippen LogP contribution in [0.25, 0.3) is 0 Å². The maximum absolute atomic E-state index is 4.02. The first kappa shape index (κ1) is 12.6. The summed E-state index contributed by atoms with van der Waals surface area (Å²) >= 11 is 4.02. The van der Waals surface area contributed by atoms with Crippen molar-refractivity contribution in [2.24, 2.45) is 0 Å². The van der Waals surface area contributed by atoms with Crippen LogP contribution in [0.3, 0.4) is 0 Å². The third kappa shape index (κ3) is 1.95. The molecule has 0 saturated heterocycles. The van der Waals surface area contributed by atoms with Gasteiger partial charge in [0.15, 0.2) is 0 Å². The number of halogens is 1. The van der Waals surface area contributed by atoms with E-state index in [2.05, 4.69) is 64.5 Å². The molecule has 1 unspecified atom stereocenters. The zero-order valence-corrected chi connectivity index (χ0v) is 13.2. The van der Waals surface area contributed by atoms with Gasteiger partial charge in [0.2, 0.25) is 0 Å². The van der Waals surface area contributed by atoms with Gasteiger partial charge in [0.1, 0.15) is 0 Å². The van der Waals surface area contributed by atoms with Crippen molar-refractivity contribution in [1.82, 2.24) is 0 Å². The van der Waals surface area contributed by atoms with E-state index in [9.17, 15) is 0 Å². The van der Waals surface area contributed by atoms with Crippen LogP contribution < -0.4 is 0 Å². The molecular weight excluding hydrogens is 308 g/mol. The number of benzene rings is 2. The standard InChI is InChI=1S/C19H19Br/c20-18(16-10-9-14-5-4-6-15(14)13-16)19(11-12-19)17-7-2-1-3-8-17/h1-3,7-10,13,18H,4-6,11-12H2. The van der Waals surface area contributed by atoms with Crippen molar-refractivity contribution in [2.45, 2.75) is 42.3 Å². The summed E-state index contributed by atoms with van der Waals surface area (Å²) < 4.78 is 0. The van der Waals surface area contributed by atoms with Gasteiger partial charge in [0, 0.05) is 10.2 Å². The highest BCUT2D eigenvalue weighted by molar-refractivity contribution is 9.09. The van der Waals surface area contributed by atoms with Crippen LogP contribution >= 0.6 is 15.9 Å². The number of rotatable bonds is 3. The summed E-state index contributed by atoms with van der Waals surface area (Å²) in [7, 11) is 0. The van der Waals surface area contributed by atoms with Crippen molar-refractivity contribution in [3.8, 4) is 0 Å². The van der Waals surface area contributed by atoms with E-state index in [-0.39, 0.29) is 0 Å². The fourth-order valence-electron chi connectivity index (χ4n) is 3.66. The summed E-state index contributed by atoms with van der Waals surface area (Å²) in [5.41, 5.74) is 6.43. The highest BCUT2D eigenvalue weighted by atomic mass is 79.9. The third-order valence-corrected chi connectivity index (χ3v) is 6.44. The van der Waals surface area contributed by atoms with Gasteiger partial charge in [-0.2, -0.15) is 0 Å². The molecule has 2 aliphatic carbocycles. The Hall–Kier alpha value is -1.08. The zero-order valence-electron chi connectivity index (χ0n) is 11.6. The Bertz CT molecular complexity index is 625. The fourth-order valence-corrected chi connectivity index (χ4v) is 4.67. The van der Waals surface area contributed by atoms with E-state index in [1.54, 1.807) is 11.1 Å². The number of hydrogen-bond acceptors (Lipinski definition) is 0. The van der Waals surface area contributed by atoms with Crippen LogP contribution in [0.15, 0.2) is 48.5 Å². The van der Waals surface area contributed by atoms with E-state index in [1.165, 1.54) is 43.2 Å². The van der Waals surface area contributed by atoms with Crippen LogP contribution in [0.2, 0.25) is 0 Å². The lowest BCUT2D eigenvalue weighted by atomic mass is 9.88. The molecule has 1 fully saturated rings. The van der Waals surface area contributed by atoms with Gasteiger partial charge in [-0.25, -0.2) is 0 Å². The van der Waals surface area contributed by atoms with E-state index >= 15 is 0 Å². The maximum atomic E-state index is 4.02. The summed E-state index contributed by atoms with van der Waals surface area (Å²) in [5, 5.41) is 0. The number of aryl methyl sites for hydroxylation is 2. The average Bonchev–Trinajstić information content (AvgIpc) is 3.18. The topological polar surface area (TPSA) is 0 Å². The molecule has 0 amide bonds. The van der Waals surface area contributed by atoms with E-state index in [0.717, 1.165) is 0 Å². The van der Waals surface area contributed by atoms with Gasteiger partial charge in [-0.1, -0.05) is 64.5 Å². The molecule has 0 heterocycles. The monoisotopic (exact) mass is 326 g/mol. The summed E-state index contributed by atoms with van der Waals surface area (Å²) in [6, 6.07) is 18.2. The largest absolute Gasteiger partial charge is 0.0829 e. The molecule has 0 radical (unpaired) electrons. The van der Waals surface area contributed by atoms with Crippen molar-refractivity contribution < 1.29 is 0 Å². The van der Waals surface area contributed by atoms with E-state index < -0.39 is 0 Å². The minimum Gasteiger partial charge on any atom is -0.0829 e. The molecule has 0 spiro atoms. The summed E-state index contributed by atoms with van der Waals surface area (Å²) in [4.78, 5) is 0.448. The van der Waals surface area contributed by atoms with Crippen LogP contribution in [-0.4, -0.2) is 0 Å². The van der Waals surface area contributed by atoms with Crippen molar-refractivity contribution in [2.75, 3.05) is 0 Å². The zero-order chi connectivity index (χ0) is 13.6. The van der Waals surface area contributed by atoms with Crippen LogP contribution in [-0.2, 0) is 18.3 Å². The van der Waals surface area contributed by atoms with Gasteiger partial charge >= 0.3 is 0 Å². The van der Waals surface area contributed by atoms with E-state index in [4.69, 9.17) is 0 Å². The Labute approximate surface area is 129 Å². The highest BCUT2D eigenvalue weighted by Gasteiger charge is 2.50. The molecule has 2 aliphatic rings. The van der Waals surface area contributed by atoms with Gasteiger partial charge < -0.3 is 0 Å². The number of fused-ring (bicyclic) bond motifs is 1. The Kier molecular flexibility index (Phi) is 2.99. The second kappa shape index (κ2) is 4.73. The Morgan fingerprint density at radius 3 is 2.40 bits per heavy atom. The van der Waals surface area contributed by atoms with Crippen LogP contribution in [0.4, 0.5) is 0 Å². The molecule has 1 heteroatoms. The van der Waals surface area contributed by atoms with E-state index in [1.807, 2.05) is 0 Å². The molecule has 2 aromatic rings. The molecule has 0 aliphatic heterocycles. The van der Waals surface area contributed by atoms with Gasteiger partial charge in [0.05, 0.1) is 0 Å². The second-order valence-corrected chi connectivity index (χ2v) is 7.18. The second-order valence-electron chi connectivity index (χ2n) is 6.27. The predicted octanol–water partition coefficient (Wildman–Crippen LogP) is 5.34. The highest BCUT2D eigenvalue weighted by Crippen LogP contribution is 2.60. The molecule has 0 nitrogen and oxygen atoms in total. The van der Waals surface area contributed by atoms with Gasteiger partial charge in [0.25, 0.3) is 0 Å². The average molecular weight is 327 g/mol. The summed E-state index contributed by atoms with van der Waals surface area (Å²) in [5.74, 6) is 0. The minimum atomic E-state index is 0.327. The van der Waals surface area contributed by atoms with Crippen LogP contribution in [0.5, 0.6) is 0 Å². The lowest BCUT2D eigenvalue weighted by Crippen LogP contribution is -2.13. The Morgan fingerprint density at radius 1 is 0.900 bits per heavy atom. The first-order valence-corrected chi connectivity index (χ1v) is 8.52. The minimum absolute atomic E-state index is 0.327. The molecular formula is C19H19Br. The SMILES string of the molecule is BrC(c1ccc2c(c1)CCC2)C1(c2ccccc2)CC1. The van der Waals surface area contributed by atoms with Crippen molar-refractivity contribution in [1.29, 1.82) is 0 Å². The first-order valence-electron chi connectivity index (χ1n) is 7.61. The van der Waals surface area contributed by atoms with Crippen molar-refractivity contribution in [3.63, 3.8) is 0 Å². The summed E-state index contributed by atoms with van der Waals surface area (Å²) in [6.45, 7) is 0. The lowest BCUT2D eigenvalue weighted by molar-refractivity contribution is 0.680. The molecule has 0 bridgehead atoms. The van der Waals surface area contributed by atoms with Gasteiger partial charge in [-0.3, -0.25) is 0 Å². The molecule has 2 aromatic carbocycles. The van der Waals surface area contributed by atoms with Gasteiger partial charge in [-0.15, -0.1) is 0 Å². The van der Waals surface area contributed by atoms with E-state index in [0.29, 0.717) is 10.2 Å². The normalized spacial score (nSPS) is 20.4. The first-order chi connectivity index (χ1) is 9.79. The molecule has 0 N–H and O–H groups in total. The maximum Gasteiger partial charge on any atom is 0.0492 e. The third-order valence-electron chi connectivity index (χ3n) is 5.04. The molecule has 102 valence electrons. The molecule has 1 atom stereocenters. The van der Waals surface area contributed by atoms with Crippen molar-refractivity contribution in [3.05, 3.63) is 70.8 Å². The lowest BCUT2D eigenvalue weighted by Gasteiger charge is -2.23. The quantitative estimate of drug-likeness (QED) is 0.667. The molecule has 1 saturated carbocycles.